The Bertz CT molecular complexity index is 537. The SMILES string of the molecule is CN(c1cccs1)c1ccc(C(=O)O)cc1N. The number of nitrogen functional groups attached to an aromatic ring is 1. The Balaban J connectivity index is 2.37. The number of carboxylic acids is 1. The first-order chi connectivity index (χ1) is 8.09. The molecule has 3 N–H and O–H groups in total. The van der Waals surface area contributed by atoms with E-state index in [1.807, 2.05) is 29.5 Å². The van der Waals surface area contributed by atoms with Crippen LogP contribution in [0.2, 0.25) is 0 Å². The Morgan fingerprint density at radius 2 is 2.18 bits per heavy atom. The third-order valence-corrected chi connectivity index (χ3v) is 3.42. The molecule has 4 nitrogen and oxygen atoms in total. The van der Waals surface area contributed by atoms with E-state index < -0.39 is 5.97 Å². The zero-order valence-electron chi connectivity index (χ0n) is 9.25. The number of nitrogens with two attached hydrogens (primary N) is 1. The number of thiophene rings is 1. The second-order valence-corrected chi connectivity index (χ2v) is 4.52. The maximum absolute atomic E-state index is 10.8. The van der Waals surface area contributed by atoms with E-state index in [0.717, 1.165) is 10.7 Å². The van der Waals surface area contributed by atoms with Crippen LogP contribution in [-0.4, -0.2) is 18.1 Å². The van der Waals surface area contributed by atoms with E-state index in [9.17, 15) is 4.79 Å². The molecule has 1 aromatic carbocycles. The van der Waals surface area contributed by atoms with Crippen molar-refractivity contribution in [2.75, 3.05) is 17.7 Å². The third-order valence-electron chi connectivity index (χ3n) is 2.47. The monoisotopic (exact) mass is 248 g/mol. The molecular weight excluding hydrogens is 236 g/mol. The fraction of sp³-hybridized carbons (Fsp3) is 0.0833. The average Bonchev–Trinajstić information content (AvgIpc) is 2.81. The average molecular weight is 248 g/mol. The molecule has 2 rings (SSSR count). The van der Waals surface area contributed by atoms with E-state index in [1.54, 1.807) is 23.5 Å². The largest absolute Gasteiger partial charge is 0.478 e. The molecule has 5 heteroatoms. The van der Waals surface area contributed by atoms with Gasteiger partial charge in [0, 0.05) is 7.05 Å². The topological polar surface area (TPSA) is 66.6 Å². The zero-order valence-corrected chi connectivity index (χ0v) is 10.1. The van der Waals surface area contributed by atoms with Crippen molar-refractivity contribution >= 4 is 33.7 Å². The predicted octanol–water partition coefficient (Wildman–Crippen LogP) is 2.80. The molecule has 0 radical (unpaired) electrons. The third kappa shape index (κ3) is 2.24. The van der Waals surface area contributed by atoms with Gasteiger partial charge in [-0.2, -0.15) is 0 Å². The number of benzene rings is 1. The standard InChI is InChI=1S/C12H12N2O2S/c1-14(11-3-2-6-17-11)10-5-4-8(12(15)16)7-9(10)13/h2-7H,13H2,1H3,(H,15,16). The molecule has 0 aliphatic heterocycles. The summed E-state index contributed by atoms with van der Waals surface area (Å²) in [4.78, 5) is 12.7. The van der Waals surface area contributed by atoms with Gasteiger partial charge in [0.25, 0.3) is 0 Å². The lowest BCUT2D eigenvalue weighted by atomic mass is 10.1. The first-order valence-electron chi connectivity index (χ1n) is 4.99. The van der Waals surface area contributed by atoms with Gasteiger partial charge < -0.3 is 15.7 Å². The molecule has 0 aliphatic rings. The summed E-state index contributed by atoms with van der Waals surface area (Å²) in [5.41, 5.74) is 7.33. The van der Waals surface area contributed by atoms with E-state index in [4.69, 9.17) is 10.8 Å². The van der Waals surface area contributed by atoms with Crippen LogP contribution in [0.4, 0.5) is 16.4 Å². The maximum atomic E-state index is 10.8. The van der Waals surface area contributed by atoms with Crippen LogP contribution >= 0.6 is 11.3 Å². The fourth-order valence-corrected chi connectivity index (χ4v) is 2.28. The van der Waals surface area contributed by atoms with Crippen LogP contribution < -0.4 is 10.6 Å². The summed E-state index contributed by atoms with van der Waals surface area (Å²) in [6.07, 6.45) is 0. The number of carbonyl (C=O) groups is 1. The second kappa shape index (κ2) is 4.47. The summed E-state index contributed by atoms with van der Waals surface area (Å²) in [5.74, 6) is -0.970. The first-order valence-corrected chi connectivity index (χ1v) is 5.87. The summed E-state index contributed by atoms with van der Waals surface area (Å²) in [6, 6.07) is 8.69. The highest BCUT2D eigenvalue weighted by atomic mass is 32.1. The molecule has 0 amide bonds. The van der Waals surface area contributed by atoms with Gasteiger partial charge in [-0.15, -0.1) is 11.3 Å². The first kappa shape index (κ1) is 11.5. The number of aromatic carboxylic acids is 1. The summed E-state index contributed by atoms with van der Waals surface area (Å²) in [7, 11) is 1.90. The number of anilines is 3. The lowest BCUT2D eigenvalue weighted by Gasteiger charge is -2.19. The Labute approximate surface area is 103 Å². The molecule has 0 fully saturated rings. The molecule has 0 saturated heterocycles. The quantitative estimate of drug-likeness (QED) is 0.820. The summed E-state index contributed by atoms with van der Waals surface area (Å²) in [6.45, 7) is 0. The molecule has 0 unspecified atom stereocenters. The zero-order chi connectivity index (χ0) is 12.4. The van der Waals surface area contributed by atoms with E-state index in [0.29, 0.717) is 5.69 Å². The van der Waals surface area contributed by atoms with Crippen LogP contribution in [0, 0.1) is 0 Å². The summed E-state index contributed by atoms with van der Waals surface area (Å²) in [5, 5.41) is 11.9. The lowest BCUT2D eigenvalue weighted by molar-refractivity contribution is 0.0697. The molecule has 0 bridgehead atoms. The van der Waals surface area contributed by atoms with Gasteiger partial charge in [0.05, 0.1) is 21.9 Å². The van der Waals surface area contributed by atoms with Gasteiger partial charge in [0.1, 0.15) is 0 Å². The van der Waals surface area contributed by atoms with Crippen molar-refractivity contribution in [3.8, 4) is 0 Å². The van der Waals surface area contributed by atoms with Crippen molar-refractivity contribution in [2.24, 2.45) is 0 Å². The highest BCUT2D eigenvalue weighted by Crippen LogP contribution is 2.32. The normalized spacial score (nSPS) is 10.2. The van der Waals surface area contributed by atoms with Crippen molar-refractivity contribution < 1.29 is 9.90 Å². The molecule has 1 heterocycles. The van der Waals surface area contributed by atoms with E-state index >= 15 is 0 Å². The van der Waals surface area contributed by atoms with Crippen molar-refractivity contribution in [1.29, 1.82) is 0 Å². The molecular formula is C12H12N2O2S. The number of hydrogen-bond donors (Lipinski definition) is 2. The van der Waals surface area contributed by atoms with Crippen LogP contribution in [0.5, 0.6) is 0 Å². The molecule has 2 aromatic rings. The van der Waals surface area contributed by atoms with E-state index in [2.05, 4.69) is 0 Å². The molecule has 0 spiro atoms. The van der Waals surface area contributed by atoms with Crippen LogP contribution in [0.3, 0.4) is 0 Å². The Morgan fingerprint density at radius 1 is 1.41 bits per heavy atom. The van der Waals surface area contributed by atoms with Gasteiger partial charge in [-0.05, 0) is 35.7 Å². The highest BCUT2D eigenvalue weighted by Gasteiger charge is 2.11. The minimum absolute atomic E-state index is 0.200. The van der Waals surface area contributed by atoms with Crippen molar-refractivity contribution in [1.82, 2.24) is 0 Å². The Hall–Kier alpha value is -2.01. The van der Waals surface area contributed by atoms with Crippen LogP contribution in [-0.2, 0) is 0 Å². The van der Waals surface area contributed by atoms with Crippen molar-refractivity contribution in [3.63, 3.8) is 0 Å². The van der Waals surface area contributed by atoms with E-state index in [-0.39, 0.29) is 5.56 Å². The van der Waals surface area contributed by atoms with E-state index in [1.165, 1.54) is 6.07 Å². The van der Waals surface area contributed by atoms with Gasteiger partial charge >= 0.3 is 5.97 Å². The lowest BCUT2D eigenvalue weighted by Crippen LogP contribution is -2.11. The summed E-state index contributed by atoms with van der Waals surface area (Å²) >= 11 is 1.60. The van der Waals surface area contributed by atoms with Crippen LogP contribution in [0.15, 0.2) is 35.7 Å². The molecule has 1 aromatic heterocycles. The minimum Gasteiger partial charge on any atom is -0.478 e. The second-order valence-electron chi connectivity index (χ2n) is 3.59. The van der Waals surface area contributed by atoms with Crippen molar-refractivity contribution in [2.45, 2.75) is 0 Å². The van der Waals surface area contributed by atoms with Gasteiger partial charge in [-0.3, -0.25) is 0 Å². The number of carboxylic acid groups (broad SMARTS) is 1. The highest BCUT2D eigenvalue weighted by molar-refractivity contribution is 7.14. The number of nitrogens with zero attached hydrogens (tertiary/aromatic N) is 1. The number of hydrogen-bond acceptors (Lipinski definition) is 4. The summed E-state index contributed by atoms with van der Waals surface area (Å²) < 4.78 is 0. The van der Waals surface area contributed by atoms with Gasteiger partial charge in [-0.25, -0.2) is 4.79 Å². The predicted molar refractivity (Wildman–Crippen MR) is 70.2 cm³/mol. The van der Waals surface area contributed by atoms with Crippen molar-refractivity contribution in [3.05, 3.63) is 41.3 Å². The molecule has 17 heavy (non-hydrogen) atoms. The van der Waals surface area contributed by atoms with Crippen LogP contribution in [0.1, 0.15) is 10.4 Å². The molecule has 0 saturated carbocycles. The minimum atomic E-state index is -0.970. The Morgan fingerprint density at radius 3 is 2.71 bits per heavy atom. The molecule has 0 aliphatic carbocycles. The Kier molecular flexibility index (Phi) is 3.01. The fourth-order valence-electron chi connectivity index (χ4n) is 1.57. The van der Waals surface area contributed by atoms with Crippen LogP contribution in [0.25, 0.3) is 0 Å². The van der Waals surface area contributed by atoms with Gasteiger partial charge in [0.15, 0.2) is 0 Å². The van der Waals surface area contributed by atoms with Gasteiger partial charge in [0.2, 0.25) is 0 Å². The smallest absolute Gasteiger partial charge is 0.335 e. The van der Waals surface area contributed by atoms with Gasteiger partial charge in [-0.1, -0.05) is 0 Å². The molecule has 88 valence electrons. The number of rotatable bonds is 3. The molecule has 0 atom stereocenters. The maximum Gasteiger partial charge on any atom is 0.335 e.